The number of hydrogen-bond donors (Lipinski definition) is 5. The minimum atomic E-state index is -1.82. The minimum absolute atomic E-state index is 0.0318. The third-order valence-corrected chi connectivity index (χ3v) is 6.76. The van der Waals surface area contributed by atoms with Crippen LogP contribution in [-0.2, 0) is 30.4 Å². The molecule has 0 aliphatic carbocycles. The predicted octanol–water partition coefficient (Wildman–Crippen LogP) is 2.08. The second-order valence-electron chi connectivity index (χ2n) is 9.54. The SMILES string of the molecule is CN1CCN(CC(=O)Nc2c3c(nc4ccccc24)N(c2cccc(Cl)c2)CC3)CC1.O=C(O)C(=O)O.O=C(O)C(=O)O. The number of hydrogen-bond acceptors (Lipinski definition) is 9. The van der Waals surface area contributed by atoms with Crippen LogP contribution in [0.15, 0.2) is 48.5 Å². The van der Waals surface area contributed by atoms with E-state index in [1.807, 2.05) is 48.5 Å². The maximum atomic E-state index is 13.0. The van der Waals surface area contributed by atoms with Gasteiger partial charge in [0.25, 0.3) is 0 Å². The Morgan fingerprint density at radius 2 is 1.44 bits per heavy atom. The lowest BCUT2D eigenvalue weighted by Crippen LogP contribution is -2.47. The average Bonchev–Trinajstić information content (AvgIpc) is 3.38. The Labute approximate surface area is 250 Å². The van der Waals surface area contributed by atoms with Gasteiger partial charge in [-0.25, -0.2) is 24.2 Å². The van der Waals surface area contributed by atoms with Gasteiger partial charge >= 0.3 is 23.9 Å². The summed E-state index contributed by atoms with van der Waals surface area (Å²) in [5, 5.41) is 34.5. The predicted molar refractivity (Wildman–Crippen MR) is 157 cm³/mol. The number of halogens is 1. The Morgan fingerprint density at radius 1 is 0.837 bits per heavy atom. The van der Waals surface area contributed by atoms with Crippen LogP contribution in [0, 0.1) is 0 Å². The smallest absolute Gasteiger partial charge is 0.414 e. The normalized spacial score (nSPS) is 14.4. The van der Waals surface area contributed by atoms with Crippen molar-refractivity contribution >= 4 is 69.5 Å². The van der Waals surface area contributed by atoms with E-state index in [-0.39, 0.29) is 5.91 Å². The van der Waals surface area contributed by atoms with Gasteiger partial charge in [-0.2, -0.15) is 0 Å². The summed E-state index contributed by atoms with van der Waals surface area (Å²) in [6.45, 7) is 5.05. The van der Waals surface area contributed by atoms with Gasteiger partial charge in [0.15, 0.2) is 0 Å². The second-order valence-corrected chi connectivity index (χ2v) is 9.97. The molecule has 228 valence electrons. The van der Waals surface area contributed by atoms with Crippen LogP contribution in [0.4, 0.5) is 17.2 Å². The van der Waals surface area contributed by atoms with Gasteiger partial charge in [0.05, 0.1) is 17.7 Å². The van der Waals surface area contributed by atoms with Gasteiger partial charge in [0.1, 0.15) is 5.82 Å². The highest BCUT2D eigenvalue weighted by Gasteiger charge is 2.28. The summed E-state index contributed by atoms with van der Waals surface area (Å²) in [4.78, 5) is 61.0. The van der Waals surface area contributed by atoms with Crippen molar-refractivity contribution in [3.63, 3.8) is 0 Å². The van der Waals surface area contributed by atoms with Gasteiger partial charge < -0.3 is 35.5 Å². The maximum Gasteiger partial charge on any atom is 0.414 e. The number of carbonyl (C=O) groups excluding carboxylic acids is 1. The van der Waals surface area contributed by atoms with Crippen LogP contribution in [-0.4, -0.2) is 111 Å². The first kappa shape index (κ1) is 32.7. The monoisotopic (exact) mass is 615 g/mol. The molecule has 1 amide bonds. The molecule has 0 bridgehead atoms. The van der Waals surface area contributed by atoms with Crippen LogP contribution in [0.3, 0.4) is 0 Å². The highest BCUT2D eigenvalue weighted by molar-refractivity contribution is 6.31. The molecule has 2 aliphatic heterocycles. The Morgan fingerprint density at radius 3 is 2.02 bits per heavy atom. The Balaban J connectivity index is 0.000000359. The molecule has 0 unspecified atom stereocenters. The zero-order valence-corrected chi connectivity index (χ0v) is 23.8. The largest absolute Gasteiger partial charge is 0.473 e. The number of carboxylic acids is 4. The van der Waals surface area contributed by atoms with Crippen molar-refractivity contribution in [2.24, 2.45) is 0 Å². The number of fused-ring (bicyclic) bond motifs is 2. The number of carbonyl (C=O) groups is 5. The van der Waals surface area contributed by atoms with Crippen molar-refractivity contribution in [3.05, 3.63) is 59.1 Å². The van der Waals surface area contributed by atoms with Crippen LogP contribution in [0.5, 0.6) is 0 Å². The molecule has 3 heterocycles. The maximum absolute atomic E-state index is 13.0. The summed E-state index contributed by atoms with van der Waals surface area (Å²) >= 11 is 6.24. The number of piperazine rings is 1. The molecule has 5 N–H and O–H groups in total. The van der Waals surface area contributed by atoms with Crippen LogP contribution in [0.25, 0.3) is 10.9 Å². The van der Waals surface area contributed by atoms with Gasteiger partial charge in [-0.1, -0.05) is 35.9 Å². The lowest BCUT2D eigenvalue weighted by molar-refractivity contribution is -0.159. The lowest BCUT2D eigenvalue weighted by Gasteiger charge is -2.31. The zero-order chi connectivity index (χ0) is 31.7. The number of carboxylic acid groups (broad SMARTS) is 4. The van der Waals surface area contributed by atoms with E-state index in [1.165, 1.54) is 0 Å². The quantitative estimate of drug-likeness (QED) is 0.267. The number of aliphatic carboxylic acids is 4. The number of likely N-dealkylation sites (N-methyl/N-ethyl adjacent to an activating group) is 1. The molecule has 0 radical (unpaired) electrons. The van der Waals surface area contributed by atoms with Crippen molar-refractivity contribution in [1.82, 2.24) is 14.8 Å². The molecule has 2 aromatic carbocycles. The van der Waals surface area contributed by atoms with E-state index < -0.39 is 23.9 Å². The van der Waals surface area contributed by atoms with Crippen LogP contribution < -0.4 is 10.2 Å². The van der Waals surface area contributed by atoms with E-state index >= 15 is 0 Å². The summed E-state index contributed by atoms with van der Waals surface area (Å²) in [5.41, 5.74) is 3.88. The highest BCUT2D eigenvalue weighted by Crippen LogP contribution is 2.41. The van der Waals surface area contributed by atoms with E-state index in [0.717, 1.165) is 72.8 Å². The van der Waals surface area contributed by atoms with Gasteiger partial charge in [-0.15, -0.1) is 0 Å². The van der Waals surface area contributed by atoms with Crippen molar-refractivity contribution in [3.8, 4) is 0 Å². The number of amides is 1. The molecular weight excluding hydrogens is 586 g/mol. The molecule has 0 spiro atoms. The van der Waals surface area contributed by atoms with Crippen LogP contribution in [0.1, 0.15) is 5.56 Å². The number of para-hydroxylation sites is 1. The molecular formula is C28H30ClN5O9. The van der Waals surface area contributed by atoms with E-state index in [4.69, 9.17) is 56.2 Å². The first-order chi connectivity index (χ1) is 20.4. The van der Waals surface area contributed by atoms with E-state index in [1.54, 1.807) is 0 Å². The van der Waals surface area contributed by atoms with E-state index in [0.29, 0.717) is 11.6 Å². The van der Waals surface area contributed by atoms with Crippen molar-refractivity contribution in [2.75, 3.05) is 56.5 Å². The summed E-state index contributed by atoms with van der Waals surface area (Å²) < 4.78 is 0. The van der Waals surface area contributed by atoms with Crippen molar-refractivity contribution in [2.45, 2.75) is 6.42 Å². The van der Waals surface area contributed by atoms with Crippen molar-refractivity contribution < 1.29 is 44.4 Å². The number of aromatic nitrogens is 1. The fraction of sp³-hybridized carbons (Fsp3) is 0.286. The van der Waals surface area contributed by atoms with Gasteiger partial charge in [-0.3, -0.25) is 9.69 Å². The molecule has 0 atom stereocenters. The van der Waals surface area contributed by atoms with Gasteiger partial charge in [0, 0.05) is 54.4 Å². The van der Waals surface area contributed by atoms with Crippen molar-refractivity contribution in [1.29, 1.82) is 0 Å². The number of anilines is 3. The highest BCUT2D eigenvalue weighted by atomic mass is 35.5. The number of nitrogens with one attached hydrogen (secondary N) is 1. The van der Waals surface area contributed by atoms with Gasteiger partial charge in [0.2, 0.25) is 5.91 Å². The fourth-order valence-electron chi connectivity index (χ4n) is 4.45. The minimum Gasteiger partial charge on any atom is -0.473 e. The molecule has 43 heavy (non-hydrogen) atoms. The Bertz CT molecular complexity index is 1480. The number of rotatable bonds is 4. The molecule has 1 fully saturated rings. The number of benzene rings is 2. The van der Waals surface area contributed by atoms with E-state index in [9.17, 15) is 4.79 Å². The molecule has 1 aromatic heterocycles. The summed E-state index contributed by atoms with van der Waals surface area (Å²) in [7, 11) is 2.12. The topological polar surface area (TPSA) is 201 Å². The summed E-state index contributed by atoms with van der Waals surface area (Å²) in [6, 6.07) is 15.8. The Kier molecular flexibility index (Phi) is 11.3. The standard InChI is InChI=1S/C24H26ClN5O.2C2H2O4/c1-28-11-13-29(14-12-28)16-22(31)27-23-19-7-2-3-8-21(19)26-24-20(23)9-10-30(24)18-6-4-5-17(25)15-18;2*3-1(4)2(5)6/h2-8,15H,9-14,16H2,1H3,(H,26,27,31);2*(H,3,4)(H,5,6). The fourth-order valence-corrected chi connectivity index (χ4v) is 4.64. The molecule has 14 nitrogen and oxygen atoms in total. The first-order valence-electron chi connectivity index (χ1n) is 12.9. The lowest BCUT2D eigenvalue weighted by atomic mass is 10.1. The summed E-state index contributed by atoms with van der Waals surface area (Å²) in [5.74, 6) is -6.37. The zero-order valence-electron chi connectivity index (χ0n) is 23.1. The second kappa shape index (κ2) is 14.9. The average molecular weight is 616 g/mol. The molecule has 5 rings (SSSR count). The van der Waals surface area contributed by atoms with Crippen LogP contribution >= 0.6 is 11.6 Å². The number of pyridine rings is 1. The molecule has 1 saturated heterocycles. The molecule has 0 saturated carbocycles. The molecule has 2 aliphatic rings. The third kappa shape index (κ3) is 9.10. The van der Waals surface area contributed by atoms with Gasteiger partial charge in [-0.05, 0) is 37.7 Å². The first-order valence-corrected chi connectivity index (χ1v) is 13.3. The third-order valence-electron chi connectivity index (χ3n) is 6.53. The molecule has 15 heteroatoms. The number of nitrogens with zero attached hydrogens (tertiary/aromatic N) is 4. The summed E-state index contributed by atoms with van der Waals surface area (Å²) in [6.07, 6.45) is 0.823. The van der Waals surface area contributed by atoms with Crippen LogP contribution in [0.2, 0.25) is 5.02 Å². The van der Waals surface area contributed by atoms with E-state index in [2.05, 4.69) is 27.1 Å². The molecule has 3 aromatic rings. The Hall–Kier alpha value is -4.79.